The van der Waals surface area contributed by atoms with E-state index >= 15 is 0 Å². The van der Waals surface area contributed by atoms with E-state index in [-0.39, 0.29) is 18.1 Å². The van der Waals surface area contributed by atoms with Crippen molar-refractivity contribution in [3.05, 3.63) is 64.7 Å². The Kier molecular flexibility index (Phi) is 7.19. The molecule has 2 rings (SSSR count). The van der Waals surface area contributed by atoms with Gasteiger partial charge in [-0.1, -0.05) is 24.3 Å². The molecular formula is C22H21N3O3. The highest BCUT2D eigenvalue weighted by atomic mass is 16.5. The van der Waals surface area contributed by atoms with Gasteiger partial charge in [0, 0.05) is 19.7 Å². The van der Waals surface area contributed by atoms with Crippen molar-refractivity contribution in [1.82, 2.24) is 4.90 Å². The Bertz CT molecular complexity index is 966. The van der Waals surface area contributed by atoms with Gasteiger partial charge in [-0.05, 0) is 36.8 Å². The molecule has 0 atom stereocenters. The molecule has 28 heavy (non-hydrogen) atoms. The Hall–Kier alpha value is -3.77. The summed E-state index contributed by atoms with van der Waals surface area (Å²) in [5, 5.41) is 18.4. The normalized spacial score (nSPS) is 10.5. The Morgan fingerprint density at radius 1 is 1.11 bits per heavy atom. The van der Waals surface area contributed by atoms with Crippen LogP contribution in [0.15, 0.2) is 48.0 Å². The van der Waals surface area contributed by atoms with Gasteiger partial charge in [-0.15, -0.1) is 0 Å². The number of hydrogen-bond donors (Lipinski definition) is 0. The number of likely N-dealkylation sites (N-methyl/N-ethyl adjacent to an activating group) is 1. The number of carbonyl (C=O) groups is 1. The molecule has 0 saturated carbocycles. The van der Waals surface area contributed by atoms with Gasteiger partial charge in [0.25, 0.3) is 5.91 Å². The lowest BCUT2D eigenvalue weighted by Gasteiger charge is -2.14. The molecule has 6 nitrogen and oxygen atoms in total. The predicted molar refractivity (Wildman–Crippen MR) is 105 cm³/mol. The van der Waals surface area contributed by atoms with E-state index in [9.17, 15) is 15.3 Å². The summed E-state index contributed by atoms with van der Waals surface area (Å²) in [6, 6.07) is 16.5. The molecule has 0 radical (unpaired) electrons. The molecule has 0 spiro atoms. The highest BCUT2D eigenvalue weighted by Gasteiger charge is 2.13. The summed E-state index contributed by atoms with van der Waals surface area (Å²) in [6.45, 7) is 2.51. The Labute approximate surface area is 164 Å². The summed E-state index contributed by atoms with van der Waals surface area (Å²) in [7, 11) is 3.18. The van der Waals surface area contributed by atoms with E-state index in [0.717, 1.165) is 5.56 Å². The van der Waals surface area contributed by atoms with Crippen molar-refractivity contribution in [3.8, 4) is 23.6 Å². The summed E-state index contributed by atoms with van der Waals surface area (Å²) in [4.78, 5) is 13.4. The van der Waals surface area contributed by atoms with Crippen LogP contribution in [0.5, 0.6) is 11.5 Å². The van der Waals surface area contributed by atoms with Crippen LogP contribution < -0.4 is 9.47 Å². The number of rotatable bonds is 7. The molecule has 0 aromatic heterocycles. The Morgan fingerprint density at radius 3 is 2.50 bits per heavy atom. The van der Waals surface area contributed by atoms with Crippen molar-refractivity contribution in [2.24, 2.45) is 0 Å². The molecule has 0 fully saturated rings. The van der Waals surface area contributed by atoms with Crippen LogP contribution in [0.3, 0.4) is 0 Å². The van der Waals surface area contributed by atoms with Gasteiger partial charge in [0.05, 0.1) is 18.2 Å². The third-order valence-electron chi connectivity index (χ3n) is 3.86. The van der Waals surface area contributed by atoms with E-state index in [1.54, 1.807) is 44.4 Å². The van der Waals surface area contributed by atoms with Crippen molar-refractivity contribution >= 4 is 12.0 Å². The quantitative estimate of drug-likeness (QED) is 0.546. The maximum absolute atomic E-state index is 12.0. The van der Waals surface area contributed by atoms with Crippen molar-refractivity contribution < 1.29 is 14.3 Å². The van der Waals surface area contributed by atoms with Gasteiger partial charge >= 0.3 is 0 Å². The van der Waals surface area contributed by atoms with E-state index in [1.807, 2.05) is 25.1 Å². The van der Waals surface area contributed by atoms with Crippen molar-refractivity contribution in [3.63, 3.8) is 0 Å². The molecule has 0 heterocycles. The number of ether oxygens (including phenoxy) is 2. The number of nitrogens with zero attached hydrogens (tertiary/aromatic N) is 3. The summed E-state index contributed by atoms with van der Waals surface area (Å²) >= 11 is 0. The first-order valence-corrected chi connectivity index (χ1v) is 8.71. The summed E-state index contributed by atoms with van der Waals surface area (Å²) in [6.07, 6.45) is 1.51. The first-order valence-electron chi connectivity index (χ1n) is 8.71. The summed E-state index contributed by atoms with van der Waals surface area (Å²) in [5.41, 5.74) is 2.02. The third-order valence-corrected chi connectivity index (χ3v) is 3.86. The van der Waals surface area contributed by atoms with Crippen LogP contribution in [0, 0.1) is 22.7 Å². The minimum Gasteiger partial charge on any atom is -0.490 e. The molecule has 0 unspecified atom stereocenters. The average Bonchev–Trinajstić information content (AvgIpc) is 2.71. The number of benzene rings is 2. The second kappa shape index (κ2) is 9.80. The first kappa shape index (κ1) is 20.5. The summed E-state index contributed by atoms with van der Waals surface area (Å²) in [5.74, 6) is 0.651. The largest absolute Gasteiger partial charge is 0.490 e. The lowest BCUT2D eigenvalue weighted by atomic mass is 10.1. The average molecular weight is 375 g/mol. The molecule has 142 valence electrons. The van der Waals surface area contributed by atoms with Crippen LogP contribution in [0.1, 0.15) is 23.6 Å². The number of carbonyl (C=O) groups excluding carboxylic acids is 1. The maximum Gasteiger partial charge on any atom is 0.264 e. The highest BCUT2D eigenvalue weighted by Crippen LogP contribution is 2.30. The number of nitriles is 2. The van der Waals surface area contributed by atoms with Crippen LogP contribution in [0.2, 0.25) is 0 Å². The molecule has 0 aliphatic heterocycles. The minimum absolute atomic E-state index is 0.0315. The third kappa shape index (κ3) is 5.12. The lowest BCUT2D eigenvalue weighted by molar-refractivity contribution is -0.124. The highest BCUT2D eigenvalue weighted by molar-refractivity contribution is 6.01. The van der Waals surface area contributed by atoms with Crippen LogP contribution in [0.25, 0.3) is 6.08 Å². The van der Waals surface area contributed by atoms with Crippen LogP contribution in [-0.2, 0) is 11.4 Å². The van der Waals surface area contributed by atoms with Gasteiger partial charge in [0.2, 0.25) is 0 Å². The van der Waals surface area contributed by atoms with E-state index in [2.05, 4.69) is 6.07 Å². The summed E-state index contributed by atoms with van der Waals surface area (Å²) < 4.78 is 11.5. The minimum atomic E-state index is -0.367. The van der Waals surface area contributed by atoms with Gasteiger partial charge in [-0.25, -0.2) is 0 Å². The number of amides is 1. The van der Waals surface area contributed by atoms with Gasteiger partial charge in [-0.3, -0.25) is 4.79 Å². The standard InChI is InChI=1S/C22H21N3O3/c1-4-27-21-12-16(11-19(14-24)22(26)25(2)3)9-10-20(21)28-15-18-8-6-5-7-17(18)13-23/h5-12H,4,15H2,1-3H3/b19-11-. The zero-order chi connectivity index (χ0) is 20.5. The fourth-order valence-corrected chi connectivity index (χ4v) is 2.46. The lowest BCUT2D eigenvalue weighted by Crippen LogP contribution is -2.22. The van der Waals surface area contributed by atoms with E-state index in [4.69, 9.17) is 9.47 Å². The van der Waals surface area contributed by atoms with E-state index in [0.29, 0.717) is 29.2 Å². The van der Waals surface area contributed by atoms with Gasteiger partial charge in [0.1, 0.15) is 18.2 Å². The monoisotopic (exact) mass is 375 g/mol. The van der Waals surface area contributed by atoms with Gasteiger partial charge in [0.15, 0.2) is 11.5 Å². The molecule has 0 saturated heterocycles. The first-order chi connectivity index (χ1) is 13.5. The molecule has 1 amide bonds. The molecule has 0 aliphatic rings. The van der Waals surface area contributed by atoms with Gasteiger partial charge < -0.3 is 14.4 Å². The molecule has 0 N–H and O–H groups in total. The Balaban J connectivity index is 2.29. The Morgan fingerprint density at radius 2 is 1.86 bits per heavy atom. The molecule has 2 aromatic carbocycles. The molecule has 2 aromatic rings. The SMILES string of the molecule is CCOc1cc(/C=C(/C#N)C(=O)N(C)C)ccc1OCc1ccccc1C#N. The fourth-order valence-electron chi connectivity index (χ4n) is 2.46. The van der Waals surface area contributed by atoms with Gasteiger partial charge in [-0.2, -0.15) is 10.5 Å². The second-order valence-electron chi connectivity index (χ2n) is 6.07. The zero-order valence-electron chi connectivity index (χ0n) is 16.1. The fraction of sp³-hybridized carbons (Fsp3) is 0.227. The van der Waals surface area contributed by atoms with Crippen LogP contribution >= 0.6 is 0 Å². The molecule has 0 bridgehead atoms. The predicted octanol–water partition coefficient (Wildman–Crippen LogP) is 3.53. The van der Waals surface area contributed by atoms with Crippen molar-refractivity contribution in [2.45, 2.75) is 13.5 Å². The van der Waals surface area contributed by atoms with Crippen molar-refractivity contribution in [2.75, 3.05) is 20.7 Å². The molecular weight excluding hydrogens is 354 g/mol. The second-order valence-corrected chi connectivity index (χ2v) is 6.07. The molecule has 0 aliphatic carbocycles. The topological polar surface area (TPSA) is 86.3 Å². The van der Waals surface area contributed by atoms with Crippen molar-refractivity contribution in [1.29, 1.82) is 10.5 Å². The van der Waals surface area contributed by atoms with Crippen LogP contribution in [0.4, 0.5) is 0 Å². The van der Waals surface area contributed by atoms with E-state index < -0.39 is 0 Å². The smallest absolute Gasteiger partial charge is 0.264 e. The molecule has 6 heteroatoms. The van der Waals surface area contributed by atoms with E-state index in [1.165, 1.54) is 11.0 Å². The zero-order valence-corrected chi connectivity index (χ0v) is 16.1. The van der Waals surface area contributed by atoms with Crippen LogP contribution in [-0.4, -0.2) is 31.5 Å². The number of hydrogen-bond acceptors (Lipinski definition) is 5. The maximum atomic E-state index is 12.0.